The molecule has 3 aromatic rings. The van der Waals surface area contributed by atoms with E-state index < -0.39 is 0 Å². The molecule has 30 heavy (non-hydrogen) atoms. The van der Waals surface area contributed by atoms with Crippen molar-refractivity contribution in [2.45, 2.75) is 27.2 Å². The first-order valence-corrected chi connectivity index (χ1v) is 10.2. The lowest BCUT2D eigenvalue weighted by Crippen LogP contribution is -2.34. The number of amides is 2. The van der Waals surface area contributed by atoms with E-state index in [1.807, 2.05) is 32.9 Å². The van der Waals surface area contributed by atoms with Gasteiger partial charge in [0, 0.05) is 21.4 Å². The summed E-state index contributed by atoms with van der Waals surface area (Å²) in [4.78, 5) is 24.6. The van der Waals surface area contributed by atoms with Crippen molar-refractivity contribution in [2.24, 2.45) is 0 Å². The Labute approximate surface area is 182 Å². The van der Waals surface area contributed by atoms with Crippen molar-refractivity contribution in [2.75, 3.05) is 11.9 Å². The van der Waals surface area contributed by atoms with Gasteiger partial charge in [0.05, 0.1) is 24.3 Å². The SMILES string of the molecule is Cc1cc(Br)ccc1NC(=O)CNC(=O)Cc1c(C)nn(-c2ccc(F)cc2)c1C. The molecular formula is C22H22BrFN4O2. The fraction of sp³-hybridized carbons (Fsp3) is 0.227. The normalized spacial score (nSPS) is 10.7. The summed E-state index contributed by atoms with van der Waals surface area (Å²) in [6.45, 7) is 5.44. The number of nitrogens with one attached hydrogen (secondary N) is 2. The molecule has 0 atom stereocenters. The van der Waals surface area contributed by atoms with Crippen LogP contribution in [0.25, 0.3) is 5.69 Å². The topological polar surface area (TPSA) is 76.0 Å². The summed E-state index contributed by atoms with van der Waals surface area (Å²) >= 11 is 3.38. The highest BCUT2D eigenvalue weighted by Crippen LogP contribution is 2.20. The molecule has 0 spiro atoms. The summed E-state index contributed by atoms with van der Waals surface area (Å²) < 4.78 is 15.8. The largest absolute Gasteiger partial charge is 0.347 e. The van der Waals surface area contributed by atoms with Gasteiger partial charge in [-0.2, -0.15) is 5.10 Å². The summed E-state index contributed by atoms with van der Waals surface area (Å²) in [5.41, 5.74) is 4.62. The van der Waals surface area contributed by atoms with Gasteiger partial charge in [-0.3, -0.25) is 9.59 Å². The highest BCUT2D eigenvalue weighted by atomic mass is 79.9. The maximum Gasteiger partial charge on any atom is 0.243 e. The number of halogens is 2. The lowest BCUT2D eigenvalue weighted by Gasteiger charge is -2.10. The molecule has 0 radical (unpaired) electrons. The first-order chi connectivity index (χ1) is 14.2. The number of nitrogens with zero attached hydrogens (tertiary/aromatic N) is 2. The van der Waals surface area contributed by atoms with Crippen molar-refractivity contribution in [1.82, 2.24) is 15.1 Å². The predicted octanol–water partition coefficient (Wildman–Crippen LogP) is 4.00. The standard InChI is InChI=1S/C22H22BrFN4O2/c1-13-10-16(23)4-9-20(13)26-22(30)12-25-21(29)11-19-14(2)27-28(15(19)3)18-7-5-17(24)6-8-18/h4-10H,11-12H2,1-3H3,(H,25,29)(H,26,30). The van der Waals surface area contributed by atoms with Crippen molar-refractivity contribution in [3.63, 3.8) is 0 Å². The Morgan fingerprint density at radius 1 is 1.07 bits per heavy atom. The van der Waals surface area contributed by atoms with Gasteiger partial charge in [-0.25, -0.2) is 9.07 Å². The zero-order valence-corrected chi connectivity index (χ0v) is 18.5. The molecule has 8 heteroatoms. The highest BCUT2D eigenvalue weighted by molar-refractivity contribution is 9.10. The van der Waals surface area contributed by atoms with Crippen LogP contribution in [-0.2, 0) is 16.0 Å². The predicted molar refractivity (Wildman–Crippen MR) is 117 cm³/mol. The zero-order chi connectivity index (χ0) is 21.8. The molecule has 2 aromatic carbocycles. The average Bonchev–Trinajstić information content (AvgIpc) is 2.97. The van der Waals surface area contributed by atoms with Gasteiger partial charge in [0.25, 0.3) is 0 Å². The number of hydrogen-bond acceptors (Lipinski definition) is 3. The molecule has 0 unspecified atom stereocenters. The number of hydrogen-bond donors (Lipinski definition) is 2. The number of aromatic nitrogens is 2. The Morgan fingerprint density at radius 2 is 1.77 bits per heavy atom. The molecule has 1 aromatic heterocycles. The molecule has 156 valence electrons. The second-order valence-electron chi connectivity index (χ2n) is 7.00. The van der Waals surface area contributed by atoms with Gasteiger partial charge in [0.1, 0.15) is 5.82 Å². The summed E-state index contributed by atoms with van der Waals surface area (Å²) in [5.74, 6) is -0.900. The zero-order valence-electron chi connectivity index (χ0n) is 16.9. The van der Waals surface area contributed by atoms with Crippen LogP contribution in [0.2, 0.25) is 0 Å². The van der Waals surface area contributed by atoms with Crippen LogP contribution < -0.4 is 10.6 Å². The third kappa shape index (κ3) is 5.13. The molecule has 0 saturated carbocycles. The van der Waals surface area contributed by atoms with E-state index in [1.54, 1.807) is 22.9 Å². The number of carbonyl (C=O) groups is 2. The Balaban J connectivity index is 1.61. The van der Waals surface area contributed by atoms with Crippen LogP contribution in [0, 0.1) is 26.6 Å². The molecule has 0 aliphatic carbocycles. The molecule has 6 nitrogen and oxygen atoms in total. The number of rotatable bonds is 6. The summed E-state index contributed by atoms with van der Waals surface area (Å²) in [5, 5.41) is 9.90. The molecular weight excluding hydrogens is 451 g/mol. The minimum absolute atomic E-state index is 0.101. The Morgan fingerprint density at radius 3 is 2.43 bits per heavy atom. The second kappa shape index (κ2) is 9.21. The monoisotopic (exact) mass is 472 g/mol. The van der Waals surface area contributed by atoms with Gasteiger partial charge in [-0.15, -0.1) is 0 Å². The summed E-state index contributed by atoms with van der Waals surface area (Å²) in [6, 6.07) is 11.5. The molecule has 1 heterocycles. The molecule has 0 aliphatic heterocycles. The lowest BCUT2D eigenvalue weighted by atomic mass is 10.1. The van der Waals surface area contributed by atoms with Crippen LogP contribution in [-0.4, -0.2) is 28.1 Å². The quantitative estimate of drug-likeness (QED) is 0.569. The van der Waals surface area contributed by atoms with E-state index in [2.05, 4.69) is 31.7 Å². The van der Waals surface area contributed by atoms with Crippen LogP contribution in [0.5, 0.6) is 0 Å². The van der Waals surface area contributed by atoms with Gasteiger partial charge in [0.2, 0.25) is 11.8 Å². The van der Waals surface area contributed by atoms with Gasteiger partial charge >= 0.3 is 0 Å². The van der Waals surface area contributed by atoms with Crippen molar-refractivity contribution in [3.05, 3.63) is 75.3 Å². The molecule has 0 fully saturated rings. The summed E-state index contributed by atoms with van der Waals surface area (Å²) in [7, 11) is 0. The fourth-order valence-electron chi connectivity index (χ4n) is 3.13. The third-order valence-corrected chi connectivity index (χ3v) is 5.25. The van der Waals surface area contributed by atoms with Gasteiger partial charge < -0.3 is 10.6 Å². The highest BCUT2D eigenvalue weighted by Gasteiger charge is 2.16. The Hall–Kier alpha value is -3.00. The van der Waals surface area contributed by atoms with Crippen LogP contribution >= 0.6 is 15.9 Å². The lowest BCUT2D eigenvalue weighted by molar-refractivity contribution is -0.123. The molecule has 2 amide bonds. The van der Waals surface area contributed by atoms with Gasteiger partial charge in [-0.1, -0.05) is 15.9 Å². The van der Waals surface area contributed by atoms with Crippen LogP contribution in [0.3, 0.4) is 0 Å². The number of anilines is 1. The van der Waals surface area contributed by atoms with Crippen molar-refractivity contribution in [3.8, 4) is 5.69 Å². The van der Waals surface area contributed by atoms with Crippen molar-refractivity contribution in [1.29, 1.82) is 0 Å². The van der Waals surface area contributed by atoms with E-state index in [0.29, 0.717) is 17.1 Å². The van der Waals surface area contributed by atoms with E-state index in [4.69, 9.17) is 0 Å². The number of benzene rings is 2. The van der Waals surface area contributed by atoms with Gasteiger partial charge in [-0.05, 0) is 68.8 Å². The fourth-order valence-corrected chi connectivity index (χ4v) is 3.60. The van der Waals surface area contributed by atoms with E-state index in [1.165, 1.54) is 12.1 Å². The smallest absolute Gasteiger partial charge is 0.243 e. The van der Waals surface area contributed by atoms with Crippen LogP contribution in [0.4, 0.5) is 10.1 Å². The molecule has 2 N–H and O–H groups in total. The Bertz CT molecular complexity index is 1090. The molecule has 0 saturated heterocycles. The minimum Gasteiger partial charge on any atom is -0.347 e. The first kappa shape index (κ1) is 21.7. The molecule has 0 bridgehead atoms. The van der Waals surface area contributed by atoms with E-state index >= 15 is 0 Å². The number of carbonyl (C=O) groups excluding carboxylic acids is 2. The Kier molecular flexibility index (Phi) is 6.66. The van der Waals surface area contributed by atoms with E-state index in [9.17, 15) is 14.0 Å². The maximum absolute atomic E-state index is 13.2. The van der Waals surface area contributed by atoms with E-state index in [0.717, 1.165) is 21.3 Å². The van der Waals surface area contributed by atoms with Crippen LogP contribution in [0.1, 0.15) is 22.5 Å². The van der Waals surface area contributed by atoms with E-state index in [-0.39, 0.29) is 30.6 Å². The third-order valence-electron chi connectivity index (χ3n) is 4.76. The van der Waals surface area contributed by atoms with Crippen LogP contribution in [0.15, 0.2) is 46.9 Å². The molecule has 3 rings (SSSR count). The molecule has 0 aliphatic rings. The number of aryl methyl sites for hydroxylation is 2. The van der Waals surface area contributed by atoms with Gasteiger partial charge in [0.15, 0.2) is 0 Å². The van der Waals surface area contributed by atoms with Crippen molar-refractivity contribution >= 4 is 33.4 Å². The minimum atomic E-state index is -0.323. The maximum atomic E-state index is 13.2. The second-order valence-corrected chi connectivity index (χ2v) is 7.91. The van der Waals surface area contributed by atoms with Crippen molar-refractivity contribution < 1.29 is 14.0 Å². The first-order valence-electron chi connectivity index (χ1n) is 9.38. The summed E-state index contributed by atoms with van der Waals surface area (Å²) in [6.07, 6.45) is 0.101. The average molecular weight is 473 g/mol.